The number of rotatable bonds is 6. The Labute approximate surface area is 97.2 Å². The van der Waals surface area contributed by atoms with Gasteiger partial charge in [-0.25, -0.2) is 0 Å². The summed E-state index contributed by atoms with van der Waals surface area (Å²) in [7, 11) is 0. The van der Waals surface area contributed by atoms with Gasteiger partial charge in [-0.3, -0.25) is 14.4 Å². The van der Waals surface area contributed by atoms with Crippen LogP contribution in [0.2, 0.25) is 0 Å². The minimum atomic E-state index is -1.29. The summed E-state index contributed by atoms with van der Waals surface area (Å²) < 4.78 is 4.85. The van der Waals surface area contributed by atoms with Gasteiger partial charge in [-0.15, -0.1) is 0 Å². The Morgan fingerprint density at radius 3 is 2.35 bits per heavy atom. The van der Waals surface area contributed by atoms with E-state index in [1.165, 1.54) is 6.92 Å². The first-order valence-electron chi connectivity index (χ1n) is 4.84. The lowest BCUT2D eigenvalue weighted by atomic mass is 9.87. The third-order valence-corrected chi connectivity index (χ3v) is 2.38. The summed E-state index contributed by atoms with van der Waals surface area (Å²) in [6.07, 6.45) is -0.467. The van der Waals surface area contributed by atoms with Gasteiger partial charge < -0.3 is 14.9 Å². The summed E-state index contributed by atoms with van der Waals surface area (Å²) in [5.41, 5.74) is 0.410. The number of hydrogen-bond acceptors (Lipinski definition) is 4. The molecule has 0 aliphatic carbocycles. The second-order valence-electron chi connectivity index (χ2n) is 3.77. The first-order valence-corrected chi connectivity index (χ1v) is 4.84. The van der Waals surface area contributed by atoms with Crippen LogP contribution in [0.1, 0.15) is 13.3 Å². The Kier molecular flexibility index (Phi) is 3.67. The topological polar surface area (TPSA) is 101 Å². The number of aliphatic carboxylic acids is 2. The molecule has 0 saturated heterocycles. The number of carbonyl (C=O) groups excluding carboxylic acids is 1. The highest BCUT2D eigenvalue weighted by atomic mass is 16.5. The molecular weight excluding hydrogens is 228 g/mol. The molecule has 6 heteroatoms. The van der Waals surface area contributed by atoms with Gasteiger partial charge in [0.05, 0.1) is 18.6 Å². The fourth-order valence-electron chi connectivity index (χ4n) is 1.44. The molecule has 0 fully saturated rings. The van der Waals surface area contributed by atoms with Crippen LogP contribution in [0.4, 0.5) is 0 Å². The van der Waals surface area contributed by atoms with E-state index in [9.17, 15) is 14.4 Å². The van der Waals surface area contributed by atoms with E-state index < -0.39 is 36.2 Å². The van der Waals surface area contributed by atoms with Crippen molar-refractivity contribution >= 4 is 17.7 Å². The second kappa shape index (κ2) is 4.82. The Hall–Kier alpha value is -2.11. The summed E-state index contributed by atoms with van der Waals surface area (Å²) in [5.74, 6) is -4.21. The normalized spacial score (nSPS) is 19.4. The predicted octanol–water partition coefficient (Wildman–Crippen LogP) is 0.590. The van der Waals surface area contributed by atoms with Gasteiger partial charge in [0.25, 0.3) is 0 Å². The number of Topliss-reactive ketones (excluding diaryl/α,β-unsaturated/α-hetero) is 1. The van der Waals surface area contributed by atoms with Crippen molar-refractivity contribution in [2.75, 3.05) is 0 Å². The van der Waals surface area contributed by atoms with Crippen molar-refractivity contribution in [1.29, 1.82) is 0 Å². The Balaban J connectivity index is 2.84. The number of carboxylic acid groups (broad SMARTS) is 2. The van der Waals surface area contributed by atoms with Crippen LogP contribution in [0.5, 0.6) is 0 Å². The molecule has 1 aliphatic heterocycles. The van der Waals surface area contributed by atoms with E-state index in [4.69, 9.17) is 14.9 Å². The number of hydrogen-bond donors (Lipinski definition) is 2. The Bertz CT molecular complexity index is 420. The lowest BCUT2D eigenvalue weighted by Gasteiger charge is -2.30. The lowest BCUT2D eigenvalue weighted by molar-refractivity contribution is -0.148. The molecular formula is C11H12O6. The van der Waals surface area contributed by atoms with Crippen molar-refractivity contribution in [3.8, 4) is 0 Å². The van der Waals surface area contributed by atoms with E-state index in [-0.39, 0.29) is 11.1 Å². The fourth-order valence-corrected chi connectivity index (χ4v) is 1.44. The summed E-state index contributed by atoms with van der Waals surface area (Å²) in [5, 5.41) is 17.5. The average molecular weight is 240 g/mol. The van der Waals surface area contributed by atoms with Crippen molar-refractivity contribution in [2.45, 2.75) is 19.4 Å². The highest BCUT2D eigenvalue weighted by molar-refractivity contribution is 6.01. The van der Waals surface area contributed by atoms with E-state index in [2.05, 4.69) is 6.58 Å². The van der Waals surface area contributed by atoms with Gasteiger partial charge in [0.15, 0.2) is 6.10 Å². The van der Waals surface area contributed by atoms with E-state index in [0.717, 1.165) is 6.26 Å². The minimum absolute atomic E-state index is 0.174. The van der Waals surface area contributed by atoms with Gasteiger partial charge >= 0.3 is 11.9 Å². The molecule has 0 amide bonds. The molecule has 0 aromatic rings. The maximum atomic E-state index is 11.5. The molecule has 2 N–H and O–H groups in total. The van der Waals surface area contributed by atoms with Crippen LogP contribution in [0, 0.1) is 5.92 Å². The molecule has 0 spiro atoms. The van der Waals surface area contributed by atoms with Gasteiger partial charge in [0.1, 0.15) is 0 Å². The molecule has 0 bridgehead atoms. The molecule has 0 saturated carbocycles. The molecule has 0 radical (unpaired) electrons. The summed E-state index contributed by atoms with van der Waals surface area (Å²) in [4.78, 5) is 33.0. The first kappa shape index (κ1) is 13.0. The molecule has 0 aromatic heterocycles. The number of carboxylic acids is 2. The van der Waals surface area contributed by atoms with Crippen LogP contribution >= 0.6 is 0 Å². The van der Waals surface area contributed by atoms with Crippen LogP contribution in [0.15, 0.2) is 24.0 Å². The van der Waals surface area contributed by atoms with Crippen LogP contribution in [0.25, 0.3) is 0 Å². The molecule has 6 nitrogen and oxygen atoms in total. The quantitative estimate of drug-likeness (QED) is 0.659. The molecule has 0 aromatic carbocycles. The molecule has 2 atom stereocenters. The van der Waals surface area contributed by atoms with Gasteiger partial charge in [-0.05, 0) is 12.5 Å². The fraction of sp³-hybridized carbons (Fsp3) is 0.364. The summed E-state index contributed by atoms with van der Waals surface area (Å²) in [6, 6.07) is 0. The lowest BCUT2D eigenvalue weighted by Crippen LogP contribution is -2.38. The third-order valence-electron chi connectivity index (χ3n) is 2.38. The molecule has 1 heterocycles. The largest absolute Gasteiger partial charge is 0.485 e. The van der Waals surface area contributed by atoms with Crippen molar-refractivity contribution in [3.05, 3.63) is 24.0 Å². The van der Waals surface area contributed by atoms with Crippen LogP contribution in [-0.4, -0.2) is 34.0 Å². The van der Waals surface area contributed by atoms with Crippen molar-refractivity contribution in [3.63, 3.8) is 0 Å². The van der Waals surface area contributed by atoms with Gasteiger partial charge in [-0.2, -0.15) is 0 Å². The Morgan fingerprint density at radius 2 is 2.06 bits per heavy atom. The predicted molar refractivity (Wildman–Crippen MR) is 56.2 cm³/mol. The van der Waals surface area contributed by atoms with Crippen molar-refractivity contribution in [1.82, 2.24) is 0 Å². The van der Waals surface area contributed by atoms with Gasteiger partial charge in [0.2, 0.25) is 5.78 Å². The monoisotopic (exact) mass is 240 g/mol. The smallest absolute Gasteiger partial charge is 0.311 e. The number of ketones is 1. The third kappa shape index (κ3) is 2.72. The highest BCUT2D eigenvalue weighted by Crippen LogP contribution is 2.30. The van der Waals surface area contributed by atoms with Gasteiger partial charge in [0, 0.05) is 5.57 Å². The Morgan fingerprint density at radius 1 is 1.47 bits per heavy atom. The van der Waals surface area contributed by atoms with E-state index >= 15 is 0 Å². The van der Waals surface area contributed by atoms with Crippen molar-refractivity contribution < 1.29 is 29.3 Å². The zero-order valence-corrected chi connectivity index (χ0v) is 9.17. The molecule has 2 unspecified atom stereocenters. The summed E-state index contributed by atoms with van der Waals surface area (Å²) in [6.45, 7) is 4.92. The molecule has 17 heavy (non-hydrogen) atoms. The molecule has 1 rings (SSSR count). The standard InChI is InChI=1S/C11H12O6/c1-5(2)9(14)10-7(4-17-10)6(11(15)16)3-8(12)13/h4,6,10H,1,3H2,2H3,(H,12,13)(H,15,16). The van der Waals surface area contributed by atoms with Crippen LogP contribution in [-0.2, 0) is 19.1 Å². The highest BCUT2D eigenvalue weighted by Gasteiger charge is 2.40. The van der Waals surface area contributed by atoms with Crippen LogP contribution in [0.3, 0.4) is 0 Å². The molecule has 1 aliphatic rings. The zero-order chi connectivity index (χ0) is 13.2. The second-order valence-corrected chi connectivity index (χ2v) is 3.77. The van der Waals surface area contributed by atoms with E-state index in [1.807, 2.05) is 0 Å². The zero-order valence-electron chi connectivity index (χ0n) is 9.17. The SMILES string of the molecule is C=C(C)C(=O)C1OC=C1C(CC(=O)O)C(=O)O. The van der Waals surface area contributed by atoms with Crippen LogP contribution < -0.4 is 0 Å². The van der Waals surface area contributed by atoms with Crippen molar-refractivity contribution in [2.24, 2.45) is 5.92 Å². The number of carbonyl (C=O) groups is 3. The average Bonchev–Trinajstić information content (AvgIpc) is 2.13. The number of ether oxygens (including phenoxy) is 1. The maximum Gasteiger partial charge on any atom is 0.311 e. The van der Waals surface area contributed by atoms with E-state index in [1.54, 1.807) is 0 Å². The molecule has 92 valence electrons. The van der Waals surface area contributed by atoms with Gasteiger partial charge in [-0.1, -0.05) is 6.58 Å². The summed E-state index contributed by atoms with van der Waals surface area (Å²) >= 11 is 0. The maximum absolute atomic E-state index is 11.5. The first-order chi connectivity index (χ1) is 7.84. The van der Waals surface area contributed by atoms with E-state index in [0.29, 0.717) is 0 Å². The minimum Gasteiger partial charge on any atom is -0.485 e.